The van der Waals surface area contributed by atoms with Crippen LogP contribution in [0.15, 0.2) is 48.8 Å². The summed E-state index contributed by atoms with van der Waals surface area (Å²) in [5, 5.41) is 14.7. The smallest absolute Gasteiger partial charge is 0.231 e. The van der Waals surface area contributed by atoms with Gasteiger partial charge in [0.05, 0.1) is 25.0 Å². The molecule has 0 bridgehead atoms. The molecule has 32 heavy (non-hydrogen) atoms. The summed E-state index contributed by atoms with van der Waals surface area (Å²) in [7, 11) is 3.64. The van der Waals surface area contributed by atoms with E-state index in [1.165, 1.54) is 18.5 Å². The molecule has 168 valence electrons. The minimum absolute atomic E-state index is 0.0151. The second-order valence-electron chi connectivity index (χ2n) is 7.90. The van der Waals surface area contributed by atoms with Crippen molar-refractivity contribution < 1.29 is 13.9 Å². The molecule has 1 aliphatic carbocycles. The van der Waals surface area contributed by atoms with Crippen LogP contribution < -0.4 is 20.7 Å². The number of amides is 1. The number of aromatic nitrogens is 4. The van der Waals surface area contributed by atoms with Crippen LogP contribution in [0, 0.1) is 5.82 Å². The van der Waals surface area contributed by atoms with Crippen LogP contribution in [-0.4, -0.2) is 58.9 Å². The number of carbonyl (C=O) groups is 1. The number of ether oxygens (including phenoxy) is 1. The molecule has 0 saturated heterocycles. The van der Waals surface area contributed by atoms with Gasteiger partial charge in [0.2, 0.25) is 5.91 Å². The topological polar surface area (TPSA) is 111 Å². The Morgan fingerprint density at radius 3 is 2.72 bits per heavy atom. The van der Waals surface area contributed by atoms with Gasteiger partial charge in [-0.05, 0) is 59.2 Å². The van der Waals surface area contributed by atoms with E-state index in [1.807, 2.05) is 25.2 Å². The van der Waals surface area contributed by atoms with Crippen molar-refractivity contribution in [2.24, 2.45) is 5.73 Å². The number of nitrogens with one attached hydrogen (secondary N) is 1. The Balaban J connectivity index is 1.69. The zero-order chi connectivity index (χ0) is 22.7. The number of nitrogens with two attached hydrogens (primary N) is 1. The number of tetrazole rings is 1. The molecule has 10 heteroatoms. The van der Waals surface area contributed by atoms with Crippen molar-refractivity contribution in [1.82, 2.24) is 25.5 Å². The van der Waals surface area contributed by atoms with E-state index in [0.29, 0.717) is 0 Å². The molecule has 2 aromatic carbocycles. The Morgan fingerprint density at radius 2 is 2.06 bits per heavy atom. The number of anilines is 1. The number of primary amides is 1. The molecular formula is C22H26FN7O2. The van der Waals surface area contributed by atoms with E-state index in [9.17, 15) is 9.18 Å². The fourth-order valence-corrected chi connectivity index (χ4v) is 4.57. The van der Waals surface area contributed by atoms with Crippen molar-refractivity contribution in [2.75, 3.05) is 25.6 Å². The van der Waals surface area contributed by atoms with Crippen molar-refractivity contribution >= 4 is 11.6 Å². The highest BCUT2D eigenvalue weighted by Gasteiger charge is 2.40. The number of methoxy groups -OCH3 is 1. The van der Waals surface area contributed by atoms with E-state index in [1.54, 1.807) is 23.9 Å². The van der Waals surface area contributed by atoms with Crippen LogP contribution in [0.4, 0.5) is 10.1 Å². The predicted octanol–water partition coefficient (Wildman–Crippen LogP) is 1.64. The molecule has 3 aromatic rings. The Morgan fingerprint density at radius 1 is 1.28 bits per heavy atom. The zero-order valence-electron chi connectivity index (χ0n) is 18.0. The molecule has 4 rings (SSSR count). The van der Waals surface area contributed by atoms with Gasteiger partial charge in [-0.25, -0.2) is 9.07 Å². The molecule has 1 fully saturated rings. The average molecular weight is 439 g/mol. The van der Waals surface area contributed by atoms with Crippen molar-refractivity contribution in [2.45, 2.75) is 30.8 Å². The third-order valence-corrected chi connectivity index (χ3v) is 6.07. The maximum atomic E-state index is 13.6. The highest BCUT2D eigenvalue weighted by atomic mass is 19.1. The summed E-state index contributed by atoms with van der Waals surface area (Å²) in [5.41, 5.74) is 8.05. The first-order valence-electron chi connectivity index (χ1n) is 10.4. The first kappa shape index (κ1) is 21.7. The molecule has 3 atom stereocenters. The minimum Gasteiger partial charge on any atom is -0.495 e. The monoisotopic (exact) mass is 439 g/mol. The number of halogens is 1. The molecule has 0 unspecified atom stereocenters. The van der Waals surface area contributed by atoms with Crippen molar-refractivity contribution in [3.63, 3.8) is 0 Å². The van der Waals surface area contributed by atoms with Gasteiger partial charge in [-0.15, -0.1) is 5.10 Å². The average Bonchev–Trinajstić information content (AvgIpc) is 3.48. The van der Waals surface area contributed by atoms with E-state index >= 15 is 0 Å². The Labute approximate surface area is 185 Å². The summed E-state index contributed by atoms with van der Waals surface area (Å²) < 4.78 is 20.8. The van der Waals surface area contributed by atoms with Crippen LogP contribution in [0.2, 0.25) is 0 Å². The fraction of sp³-hybridized carbons (Fsp3) is 0.364. The quantitative estimate of drug-likeness (QED) is 0.549. The van der Waals surface area contributed by atoms with Crippen LogP contribution in [0.1, 0.15) is 24.3 Å². The summed E-state index contributed by atoms with van der Waals surface area (Å²) in [5.74, 6) is 0.0432. The lowest BCUT2D eigenvalue weighted by molar-refractivity contribution is -0.117. The van der Waals surface area contributed by atoms with Gasteiger partial charge in [-0.3, -0.25) is 4.79 Å². The lowest BCUT2D eigenvalue weighted by Gasteiger charge is -2.35. The van der Waals surface area contributed by atoms with Crippen molar-refractivity contribution in [3.8, 4) is 11.4 Å². The second kappa shape index (κ2) is 9.31. The summed E-state index contributed by atoms with van der Waals surface area (Å²) in [6.07, 6.45) is 3.25. The molecule has 1 heterocycles. The van der Waals surface area contributed by atoms with Gasteiger partial charge in [-0.2, -0.15) is 0 Å². The van der Waals surface area contributed by atoms with Gasteiger partial charge in [0.15, 0.2) is 0 Å². The summed E-state index contributed by atoms with van der Waals surface area (Å²) in [4.78, 5) is 13.6. The van der Waals surface area contributed by atoms with Gasteiger partial charge < -0.3 is 20.7 Å². The zero-order valence-corrected chi connectivity index (χ0v) is 18.0. The molecule has 0 spiro atoms. The first-order chi connectivity index (χ1) is 15.5. The predicted molar refractivity (Wildman–Crippen MR) is 117 cm³/mol. The molecule has 1 amide bonds. The first-order valence-corrected chi connectivity index (χ1v) is 10.4. The molecular weight excluding hydrogens is 413 g/mol. The number of likely N-dealkylation sites (N-methyl/N-ethyl adjacent to an activating group) is 1. The highest BCUT2D eigenvalue weighted by molar-refractivity contribution is 5.76. The van der Waals surface area contributed by atoms with E-state index in [2.05, 4.69) is 25.7 Å². The normalized spacial score (nSPS) is 20.3. The Kier molecular flexibility index (Phi) is 6.31. The van der Waals surface area contributed by atoms with Gasteiger partial charge in [0, 0.05) is 25.0 Å². The lowest BCUT2D eigenvalue weighted by atomic mass is 9.90. The van der Waals surface area contributed by atoms with Crippen LogP contribution in [-0.2, 0) is 4.79 Å². The maximum absolute atomic E-state index is 13.6. The number of nitrogens with zero attached hydrogens (tertiary/aromatic N) is 5. The minimum atomic E-state index is -0.407. The Bertz CT molecular complexity index is 1060. The maximum Gasteiger partial charge on any atom is 0.231 e. The van der Waals surface area contributed by atoms with Crippen LogP contribution in [0.3, 0.4) is 0 Å². The second-order valence-corrected chi connectivity index (χ2v) is 7.90. The molecule has 3 N–H and O–H groups in total. The molecule has 1 aliphatic rings. The Hall–Kier alpha value is -3.53. The number of carbonyl (C=O) groups excluding carboxylic acids is 1. The van der Waals surface area contributed by atoms with Crippen molar-refractivity contribution in [3.05, 3.63) is 60.2 Å². The van der Waals surface area contributed by atoms with Crippen molar-refractivity contribution in [1.29, 1.82) is 0 Å². The molecule has 1 saturated carbocycles. The summed E-state index contributed by atoms with van der Waals surface area (Å²) in [6.45, 7) is 0.0941. The highest BCUT2D eigenvalue weighted by Crippen LogP contribution is 2.42. The number of rotatable bonds is 8. The fourth-order valence-electron chi connectivity index (χ4n) is 4.57. The third kappa shape index (κ3) is 4.40. The van der Waals surface area contributed by atoms with Crippen LogP contribution in [0.5, 0.6) is 5.75 Å². The molecule has 9 nitrogen and oxygen atoms in total. The standard InChI is InChI=1S/C22H26FN7O2/c1-29(19-11-16(7-10-20(19)32-2)30-13-26-27-28-30)18-9-8-17(25-12-21(24)31)22(18)14-3-5-15(23)6-4-14/h3-7,10-11,13,17-18,22,25H,8-9,12H2,1-2H3,(H2,24,31)/t17-,18-,22-/m0/s1. The number of hydrogen-bond donors (Lipinski definition) is 2. The van der Waals surface area contributed by atoms with E-state index in [0.717, 1.165) is 35.5 Å². The summed E-state index contributed by atoms with van der Waals surface area (Å²) in [6, 6.07) is 12.4. The van der Waals surface area contributed by atoms with Gasteiger partial charge in [-0.1, -0.05) is 12.1 Å². The van der Waals surface area contributed by atoms with Crippen LogP contribution in [0.25, 0.3) is 5.69 Å². The van der Waals surface area contributed by atoms with E-state index in [4.69, 9.17) is 10.5 Å². The molecule has 1 aromatic heterocycles. The number of benzene rings is 2. The van der Waals surface area contributed by atoms with Gasteiger partial charge in [0.25, 0.3) is 0 Å². The summed E-state index contributed by atoms with van der Waals surface area (Å²) >= 11 is 0. The number of hydrogen-bond acceptors (Lipinski definition) is 7. The largest absolute Gasteiger partial charge is 0.495 e. The van der Waals surface area contributed by atoms with Gasteiger partial charge >= 0.3 is 0 Å². The van der Waals surface area contributed by atoms with E-state index < -0.39 is 5.91 Å². The van der Waals surface area contributed by atoms with Crippen LogP contribution >= 0.6 is 0 Å². The molecule has 0 aliphatic heterocycles. The SMILES string of the molecule is COc1ccc(-n2cnnn2)cc1N(C)[C@H]1CC[C@H](NCC(N)=O)[C@@H]1c1ccc(F)cc1. The van der Waals surface area contributed by atoms with Gasteiger partial charge in [0.1, 0.15) is 17.9 Å². The van der Waals surface area contributed by atoms with E-state index in [-0.39, 0.29) is 30.4 Å². The molecule has 0 radical (unpaired) electrons. The lowest BCUT2D eigenvalue weighted by Crippen LogP contribution is -2.43. The third-order valence-electron chi connectivity index (χ3n) is 6.07.